The third-order valence-corrected chi connectivity index (χ3v) is 4.48. The summed E-state index contributed by atoms with van der Waals surface area (Å²) in [6.45, 7) is 7.80. The molecule has 0 saturated heterocycles. The Kier molecular flexibility index (Phi) is 10.7. The molecule has 110 valence electrons. The highest BCUT2D eigenvalue weighted by Crippen LogP contribution is 2.06. The largest absolute Gasteiger partial charge is 0.317 e. The molecule has 1 atom stereocenters. The SMILES string of the molecule is CCCCCCC(C)NS(=O)(=O)CCCNCC. The van der Waals surface area contributed by atoms with Gasteiger partial charge in [-0.05, 0) is 32.9 Å². The number of rotatable bonds is 12. The minimum absolute atomic E-state index is 0.0611. The summed E-state index contributed by atoms with van der Waals surface area (Å²) in [5.74, 6) is 0.222. The Morgan fingerprint density at radius 3 is 2.39 bits per heavy atom. The lowest BCUT2D eigenvalue weighted by molar-refractivity contribution is 0.520. The fourth-order valence-electron chi connectivity index (χ4n) is 1.87. The fraction of sp³-hybridized carbons (Fsp3) is 1.00. The van der Waals surface area contributed by atoms with Crippen LogP contribution in [0.2, 0.25) is 0 Å². The second-order valence-electron chi connectivity index (χ2n) is 4.89. The van der Waals surface area contributed by atoms with Gasteiger partial charge < -0.3 is 5.32 Å². The lowest BCUT2D eigenvalue weighted by atomic mass is 10.1. The Morgan fingerprint density at radius 1 is 1.06 bits per heavy atom. The highest BCUT2D eigenvalue weighted by atomic mass is 32.2. The maximum Gasteiger partial charge on any atom is 0.211 e. The Labute approximate surface area is 113 Å². The van der Waals surface area contributed by atoms with Crippen LogP contribution in [0.4, 0.5) is 0 Å². The Hall–Kier alpha value is -0.130. The average Bonchev–Trinajstić information content (AvgIpc) is 2.30. The van der Waals surface area contributed by atoms with E-state index in [2.05, 4.69) is 17.0 Å². The molecule has 1 unspecified atom stereocenters. The van der Waals surface area contributed by atoms with E-state index in [1.54, 1.807) is 0 Å². The summed E-state index contributed by atoms with van der Waals surface area (Å²) in [5.41, 5.74) is 0. The lowest BCUT2D eigenvalue weighted by Gasteiger charge is -2.14. The molecule has 0 radical (unpaired) electrons. The molecule has 5 heteroatoms. The van der Waals surface area contributed by atoms with Crippen LogP contribution >= 0.6 is 0 Å². The van der Waals surface area contributed by atoms with Crippen LogP contribution in [0.15, 0.2) is 0 Å². The van der Waals surface area contributed by atoms with Gasteiger partial charge in [0, 0.05) is 6.04 Å². The quantitative estimate of drug-likeness (QED) is 0.538. The molecule has 0 fully saturated rings. The van der Waals surface area contributed by atoms with Crippen molar-refractivity contribution in [3.05, 3.63) is 0 Å². The standard InChI is InChI=1S/C13H30N2O2S/c1-4-6-7-8-10-13(3)15-18(16,17)12-9-11-14-5-2/h13-15H,4-12H2,1-3H3. The van der Waals surface area contributed by atoms with Gasteiger partial charge in [0.05, 0.1) is 5.75 Å². The second-order valence-corrected chi connectivity index (χ2v) is 6.77. The maximum absolute atomic E-state index is 11.8. The molecule has 0 aliphatic heterocycles. The first-order valence-electron chi connectivity index (χ1n) is 7.22. The van der Waals surface area contributed by atoms with E-state index >= 15 is 0 Å². The predicted molar refractivity (Wildman–Crippen MR) is 78.3 cm³/mol. The average molecular weight is 278 g/mol. The molecular weight excluding hydrogens is 248 g/mol. The molecule has 0 saturated carbocycles. The second kappa shape index (κ2) is 10.8. The molecule has 0 aliphatic carbocycles. The van der Waals surface area contributed by atoms with Crippen LogP contribution in [0.3, 0.4) is 0 Å². The number of sulfonamides is 1. The molecule has 0 spiro atoms. The first-order valence-corrected chi connectivity index (χ1v) is 8.87. The molecule has 0 bridgehead atoms. The number of nitrogens with one attached hydrogen (secondary N) is 2. The van der Waals surface area contributed by atoms with E-state index in [4.69, 9.17) is 0 Å². The van der Waals surface area contributed by atoms with Crippen LogP contribution in [0, 0.1) is 0 Å². The Morgan fingerprint density at radius 2 is 1.78 bits per heavy atom. The van der Waals surface area contributed by atoms with Crippen LogP contribution in [0.25, 0.3) is 0 Å². The van der Waals surface area contributed by atoms with Gasteiger partial charge in [0.2, 0.25) is 10.0 Å². The van der Waals surface area contributed by atoms with Gasteiger partial charge in [-0.2, -0.15) is 0 Å². The molecule has 0 heterocycles. The number of hydrogen-bond donors (Lipinski definition) is 2. The summed E-state index contributed by atoms with van der Waals surface area (Å²) < 4.78 is 26.3. The van der Waals surface area contributed by atoms with E-state index in [-0.39, 0.29) is 11.8 Å². The number of hydrogen-bond acceptors (Lipinski definition) is 3. The Balaban J connectivity index is 3.71. The highest BCUT2D eigenvalue weighted by molar-refractivity contribution is 7.89. The van der Waals surface area contributed by atoms with Crippen LogP contribution < -0.4 is 10.0 Å². The van der Waals surface area contributed by atoms with Crippen LogP contribution in [-0.2, 0) is 10.0 Å². The van der Waals surface area contributed by atoms with Gasteiger partial charge in [-0.1, -0.05) is 39.5 Å². The predicted octanol–water partition coefficient (Wildman–Crippen LogP) is 2.26. The molecule has 0 aromatic heterocycles. The minimum Gasteiger partial charge on any atom is -0.317 e. The van der Waals surface area contributed by atoms with Crippen molar-refractivity contribution < 1.29 is 8.42 Å². The van der Waals surface area contributed by atoms with Crippen molar-refractivity contribution >= 4 is 10.0 Å². The van der Waals surface area contributed by atoms with Gasteiger partial charge >= 0.3 is 0 Å². The lowest BCUT2D eigenvalue weighted by Crippen LogP contribution is -2.35. The van der Waals surface area contributed by atoms with Crippen molar-refractivity contribution in [3.8, 4) is 0 Å². The van der Waals surface area contributed by atoms with Gasteiger partial charge in [0.25, 0.3) is 0 Å². The zero-order chi connectivity index (χ0) is 13.9. The van der Waals surface area contributed by atoms with Gasteiger partial charge in [-0.25, -0.2) is 13.1 Å². The van der Waals surface area contributed by atoms with E-state index in [1.807, 2.05) is 13.8 Å². The van der Waals surface area contributed by atoms with E-state index in [0.29, 0.717) is 6.42 Å². The van der Waals surface area contributed by atoms with Gasteiger partial charge in [0.1, 0.15) is 0 Å². The highest BCUT2D eigenvalue weighted by Gasteiger charge is 2.13. The van der Waals surface area contributed by atoms with Gasteiger partial charge in [-0.3, -0.25) is 0 Å². The van der Waals surface area contributed by atoms with Gasteiger partial charge in [0.15, 0.2) is 0 Å². The third kappa shape index (κ3) is 11.0. The monoisotopic (exact) mass is 278 g/mol. The first-order chi connectivity index (χ1) is 8.52. The van der Waals surface area contributed by atoms with E-state index < -0.39 is 10.0 Å². The summed E-state index contributed by atoms with van der Waals surface area (Å²) in [5, 5.41) is 3.13. The van der Waals surface area contributed by atoms with Crippen LogP contribution in [0.5, 0.6) is 0 Å². The van der Waals surface area contributed by atoms with E-state index in [1.165, 1.54) is 19.3 Å². The third-order valence-electron chi connectivity index (χ3n) is 2.89. The smallest absolute Gasteiger partial charge is 0.211 e. The Bertz CT molecular complexity index is 279. The molecule has 0 aromatic carbocycles. The topological polar surface area (TPSA) is 58.2 Å². The molecule has 4 nitrogen and oxygen atoms in total. The van der Waals surface area contributed by atoms with Crippen LogP contribution in [-0.4, -0.2) is 33.3 Å². The fourth-order valence-corrected chi connectivity index (χ4v) is 3.24. The van der Waals surface area contributed by atoms with Crippen molar-refractivity contribution in [1.82, 2.24) is 10.0 Å². The zero-order valence-electron chi connectivity index (χ0n) is 12.2. The summed E-state index contributed by atoms with van der Waals surface area (Å²) in [7, 11) is -3.09. The van der Waals surface area contributed by atoms with Crippen molar-refractivity contribution in [2.24, 2.45) is 0 Å². The maximum atomic E-state index is 11.8. The molecule has 2 N–H and O–H groups in total. The number of unbranched alkanes of at least 4 members (excludes halogenated alkanes) is 3. The molecular formula is C13H30N2O2S. The van der Waals surface area contributed by atoms with Crippen molar-refractivity contribution in [3.63, 3.8) is 0 Å². The van der Waals surface area contributed by atoms with Gasteiger partial charge in [-0.15, -0.1) is 0 Å². The molecule has 0 rings (SSSR count). The summed E-state index contributed by atoms with van der Waals surface area (Å²) in [6, 6.07) is 0.0611. The zero-order valence-corrected chi connectivity index (χ0v) is 13.0. The van der Waals surface area contributed by atoms with E-state index in [9.17, 15) is 8.42 Å². The van der Waals surface area contributed by atoms with Crippen molar-refractivity contribution in [2.75, 3.05) is 18.8 Å². The van der Waals surface area contributed by atoms with Crippen LogP contribution in [0.1, 0.15) is 59.3 Å². The van der Waals surface area contributed by atoms with Crippen molar-refractivity contribution in [2.45, 2.75) is 65.3 Å². The van der Waals surface area contributed by atoms with E-state index in [0.717, 1.165) is 25.9 Å². The molecule has 0 amide bonds. The van der Waals surface area contributed by atoms with Crippen molar-refractivity contribution in [1.29, 1.82) is 0 Å². The summed E-state index contributed by atoms with van der Waals surface area (Å²) in [6.07, 6.45) is 6.36. The molecule has 0 aromatic rings. The minimum atomic E-state index is -3.09. The first kappa shape index (κ1) is 17.9. The normalized spacial score (nSPS) is 13.7. The summed E-state index contributed by atoms with van der Waals surface area (Å²) >= 11 is 0. The molecule has 18 heavy (non-hydrogen) atoms. The molecule has 0 aliphatic rings. The summed E-state index contributed by atoms with van der Waals surface area (Å²) in [4.78, 5) is 0.